The van der Waals surface area contributed by atoms with Crippen LogP contribution in [-0.4, -0.2) is 37.0 Å². The molecule has 150 valence electrons. The number of rotatable bonds is 6. The zero-order chi connectivity index (χ0) is 20.0. The Morgan fingerprint density at radius 1 is 1.04 bits per heavy atom. The molecule has 2 aromatic rings. The van der Waals surface area contributed by atoms with Crippen LogP contribution in [0.4, 0.5) is 5.69 Å². The number of nitrogens with one attached hydrogen (secondary N) is 2. The van der Waals surface area contributed by atoms with Gasteiger partial charge >= 0.3 is 0 Å². The lowest BCUT2D eigenvalue weighted by molar-refractivity contribution is 0.346. The second-order valence-corrected chi connectivity index (χ2v) is 9.52. The summed E-state index contributed by atoms with van der Waals surface area (Å²) in [7, 11) is -3.40. The molecule has 1 fully saturated rings. The highest BCUT2D eigenvalue weighted by molar-refractivity contribution is 7.89. The molecule has 3 rings (SSSR count). The van der Waals surface area contributed by atoms with E-state index >= 15 is 0 Å². The molecule has 0 saturated carbocycles. The van der Waals surface area contributed by atoms with Crippen molar-refractivity contribution < 1.29 is 8.42 Å². The van der Waals surface area contributed by atoms with Gasteiger partial charge in [-0.2, -0.15) is 4.31 Å². The van der Waals surface area contributed by atoms with Crippen LogP contribution in [0, 0.1) is 0 Å². The molecule has 0 aliphatic carbocycles. The summed E-state index contributed by atoms with van der Waals surface area (Å²) in [5, 5.41) is 6.92. The number of anilines is 1. The van der Waals surface area contributed by atoms with Gasteiger partial charge in [0.1, 0.15) is 0 Å². The monoisotopic (exact) mass is 417 g/mol. The minimum atomic E-state index is -3.40. The van der Waals surface area contributed by atoms with Crippen molar-refractivity contribution in [2.75, 3.05) is 18.4 Å². The van der Waals surface area contributed by atoms with Crippen molar-refractivity contribution >= 4 is 33.0 Å². The average molecular weight is 418 g/mol. The SMILES string of the molecule is CC(Cc1ccccc1)NC(=S)Nc1ccc(S(=O)(=O)N2CCCCC2)cc1. The zero-order valence-corrected chi connectivity index (χ0v) is 17.7. The van der Waals surface area contributed by atoms with Crippen LogP contribution in [0.25, 0.3) is 0 Å². The van der Waals surface area contributed by atoms with E-state index in [9.17, 15) is 8.42 Å². The Morgan fingerprint density at radius 3 is 2.32 bits per heavy atom. The van der Waals surface area contributed by atoms with Gasteiger partial charge < -0.3 is 10.6 Å². The van der Waals surface area contributed by atoms with Crippen LogP contribution in [-0.2, 0) is 16.4 Å². The molecule has 1 aliphatic rings. The van der Waals surface area contributed by atoms with Crippen molar-refractivity contribution in [1.82, 2.24) is 9.62 Å². The average Bonchev–Trinajstić information content (AvgIpc) is 2.69. The van der Waals surface area contributed by atoms with E-state index in [1.54, 1.807) is 28.6 Å². The van der Waals surface area contributed by atoms with Gasteiger partial charge in [-0.3, -0.25) is 0 Å². The summed E-state index contributed by atoms with van der Waals surface area (Å²) in [6, 6.07) is 17.2. The molecular weight excluding hydrogens is 390 g/mol. The molecule has 1 saturated heterocycles. The van der Waals surface area contributed by atoms with Crippen LogP contribution in [0.2, 0.25) is 0 Å². The number of nitrogens with zero attached hydrogens (tertiary/aromatic N) is 1. The molecule has 0 aromatic heterocycles. The van der Waals surface area contributed by atoms with Gasteiger partial charge in [-0.1, -0.05) is 36.8 Å². The fourth-order valence-electron chi connectivity index (χ4n) is 3.37. The van der Waals surface area contributed by atoms with E-state index in [0.29, 0.717) is 23.1 Å². The highest BCUT2D eigenvalue weighted by atomic mass is 32.2. The first-order valence-electron chi connectivity index (χ1n) is 9.67. The first-order valence-corrected chi connectivity index (χ1v) is 11.5. The molecule has 2 aromatic carbocycles. The molecule has 28 heavy (non-hydrogen) atoms. The van der Waals surface area contributed by atoms with E-state index < -0.39 is 10.0 Å². The molecular formula is C21H27N3O2S2. The number of benzene rings is 2. The molecule has 1 unspecified atom stereocenters. The summed E-state index contributed by atoms with van der Waals surface area (Å²) in [6.07, 6.45) is 3.83. The third kappa shape index (κ3) is 5.53. The van der Waals surface area contributed by atoms with Crippen molar-refractivity contribution in [2.24, 2.45) is 0 Å². The predicted molar refractivity (Wildman–Crippen MR) is 118 cm³/mol. The summed E-state index contributed by atoms with van der Waals surface area (Å²) in [5.41, 5.74) is 2.01. The molecule has 7 heteroatoms. The van der Waals surface area contributed by atoms with Crippen molar-refractivity contribution in [2.45, 2.75) is 43.5 Å². The maximum absolute atomic E-state index is 12.7. The van der Waals surface area contributed by atoms with Crippen LogP contribution in [0.15, 0.2) is 59.5 Å². The standard InChI is InChI=1S/C21H27N3O2S2/c1-17(16-18-8-4-2-5-9-18)22-21(27)23-19-10-12-20(13-11-19)28(25,26)24-14-6-3-7-15-24/h2,4-5,8-13,17H,3,6-7,14-16H2,1H3,(H2,22,23,27). The van der Waals surface area contributed by atoms with Gasteiger partial charge in [0.05, 0.1) is 4.90 Å². The number of sulfonamides is 1. The van der Waals surface area contributed by atoms with Crippen LogP contribution in [0.5, 0.6) is 0 Å². The van der Waals surface area contributed by atoms with E-state index in [1.165, 1.54) is 5.56 Å². The van der Waals surface area contributed by atoms with E-state index in [2.05, 4.69) is 29.7 Å². The van der Waals surface area contributed by atoms with Crippen LogP contribution in [0.1, 0.15) is 31.7 Å². The fourth-order valence-corrected chi connectivity index (χ4v) is 5.21. The Labute approximate surface area is 173 Å². The zero-order valence-electron chi connectivity index (χ0n) is 16.1. The lowest BCUT2D eigenvalue weighted by atomic mass is 10.1. The first kappa shape index (κ1) is 20.8. The minimum Gasteiger partial charge on any atom is -0.360 e. The number of hydrogen-bond acceptors (Lipinski definition) is 3. The molecule has 1 aliphatic heterocycles. The highest BCUT2D eigenvalue weighted by Crippen LogP contribution is 2.22. The van der Waals surface area contributed by atoms with Crippen LogP contribution >= 0.6 is 12.2 Å². The Bertz CT molecular complexity index is 878. The van der Waals surface area contributed by atoms with Crippen molar-refractivity contribution in [3.63, 3.8) is 0 Å². The molecule has 0 bridgehead atoms. The predicted octanol–water partition coefficient (Wildman–Crippen LogP) is 3.78. The quantitative estimate of drug-likeness (QED) is 0.701. The van der Waals surface area contributed by atoms with Crippen molar-refractivity contribution in [1.29, 1.82) is 0 Å². The summed E-state index contributed by atoms with van der Waals surface area (Å²) >= 11 is 5.39. The van der Waals surface area contributed by atoms with Gasteiger partial charge in [-0.15, -0.1) is 0 Å². The summed E-state index contributed by atoms with van der Waals surface area (Å²) < 4.78 is 27.0. The van der Waals surface area contributed by atoms with E-state index in [1.807, 2.05) is 18.2 Å². The molecule has 1 atom stereocenters. The van der Waals surface area contributed by atoms with Gasteiger partial charge in [0.25, 0.3) is 0 Å². The molecule has 1 heterocycles. The van der Waals surface area contributed by atoms with E-state index in [4.69, 9.17) is 12.2 Å². The van der Waals surface area contributed by atoms with Crippen LogP contribution in [0.3, 0.4) is 0 Å². The molecule has 5 nitrogen and oxygen atoms in total. The number of thiocarbonyl (C=S) groups is 1. The Morgan fingerprint density at radius 2 is 1.68 bits per heavy atom. The maximum Gasteiger partial charge on any atom is 0.243 e. The normalized spacial score (nSPS) is 16.3. The molecule has 2 N–H and O–H groups in total. The Kier molecular flexibility index (Phi) is 7.04. The van der Waals surface area contributed by atoms with Crippen LogP contribution < -0.4 is 10.6 Å². The Hall–Kier alpha value is -1.96. The third-order valence-electron chi connectivity index (χ3n) is 4.83. The van der Waals surface area contributed by atoms with Crippen molar-refractivity contribution in [3.05, 3.63) is 60.2 Å². The second kappa shape index (κ2) is 9.49. The topological polar surface area (TPSA) is 61.4 Å². The number of hydrogen-bond donors (Lipinski definition) is 2. The molecule has 0 spiro atoms. The summed E-state index contributed by atoms with van der Waals surface area (Å²) in [5.74, 6) is 0. The van der Waals surface area contributed by atoms with Gasteiger partial charge in [0, 0.05) is 24.8 Å². The first-order chi connectivity index (χ1) is 13.4. The molecule has 0 radical (unpaired) electrons. The van der Waals surface area contributed by atoms with Gasteiger partial charge in [-0.25, -0.2) is 8.42 Å². The van der Waals surface area contributed by atoms with Crippen molar-refractivity contribution in [3.8, 4) is 0 Å². The third-order valence-corrected chi connectivity index (χ3v) is 6.96. The second-order valence-electron chi connectivity index (χ2n) is 7.18. The number of piperidine rings is 1. The molecule has 0 amide bonds. The van der Waals surface area contributed by atoms with Gasteiger partial charge in [0.15, 0.2) is 5.11 Å². The summed E-state index contributed by atoms with van der Waals surface area (Å²) in [4.78, 5) is 0.330. The largest absolute Gasteiger partial charge is 0.360 e. The fraction of sp³-hybridized carbons (Fsp3) is 0.381. The summed E-state index contributed by atoms with van der Waals surface area (Å²) in [6.45, 7) is 3.29. The van der Waals surface area contributed by atoms with Gasteiger partial charge in [0.2, 0.25) is 10.0 Å². The smallest absolute Gasteiger partial charge is 0.243 e. The minimum absolute atomic E-state index is 0.182. The Balaban J connectivity index is 1.55. The van der Waals surface area contributed by atoms with E-state index in [-0.39, 0.29) is 6.04 Å². The van der Waals surface area contributed by atoms with Gasteiger partial charge in [-0.05, 0) is 68.2 Å². The maximum atomic E-state index is 12.7. The van der Waals surface area contributed by atoms with E-state index in [0.717, 1.165) is 31.4 Å². The lowest BCUT2D eigenvalue weighted by Crippen LogP contribution is -2.37. The highest BCUT2D eigenvalue weighted by Gasteiger charge is 2.25. The lowest BCUT2D eigenvalue weighted by Gasteiger charge is -2.26.